The summed E-state index contributed by atoms with van der Waals surface area (Å²) in [6.45, 7) is 6.00. The molecule has 0 bridgehead atoms. The molecule has 1 rings (SSSR count). The van der Waals surface area contributed by atoms with Gasteiger partial charge in [-0.05, 0) is 19.3 Å². The van der Waals surface area contributed by atoms with Gasteiger partial charge in [-0.1, -0.05) is 13.8 Å². The highest BCUT2D eigenvalue weighted by molar-refractivity contribution is 7.09. The summed E-state index contributed by atoms with van der Waals surface area (Å²) in [7, 11) is 0. The van der Waals surface area contributed by atoms with Gasteiger partial charge in [0.25, 0.3) is 0 Å². The fourth-order valence-electron chi connectivity index (χ4n) is 1.56. The number of hydrogen-bond acceptors (Lipinski definition) is 4. The second-order valence-corrected chi connectivity index (χ2v) is 5.77. The van der Waals surface area contributed by atoms with Crippen LogP contribution in [0, 0.1) is 12.8 Å². The lowest BCUT2D eigenvalue weighted by atomic mass is 10.0. The van der Waals surface area contributed by atoms with E-state index in [4.69, 9.17) is 5.11 Å². The number of thiazole rings is 1. The maximum absolute atomic E-state index is 11.6. The first-order valence-corrected chi connectivity index (χ1v) is 6.94. The maximum atomic E-state index is 11.6. The standard InChI is InChI=1S/C12H19N3O3S/c1-7(2)4-10(11(16)17)15-12(18)13-5-9-6-19-8(3)14-9/h6-7,10H,4-5H2,1-3H3,(H,16,17)(H2,13,15,18)/t10-/m0/s1. The summed E-state index contributed by atoms with van der Waals surface area (Å²) >= 11 is 1.51. The minimum Gasteiger partial charge on any atom is -0.480 e. The Balaban J connectivity index is 2.42. The van der Waals surface area contributed by atoms with Crippen LogP contribution in [0.3, 0.4) is 0 Å². The van der Waals surface area contributed by atoms with Crippen LogP contribution in [0.25, 0.3) is 0 Å². The van der Waals surface area contributed by atoms with Gasteiger partial charge < -0.3 is 15.7 Å². The number of aryl methyl sites for hydroxylation is 1. The number of rotatable bonds is 6. The predicted octanol–water partition coefficient (Wildman–Crippen LogP) is 1.75. The van der Waals surface area contributed by atoms with Crippen molar-refractivity contribution in [3.63, 3.8) is 0 Å². The predicted molar refractivity (Wildman–Crippen MR) is 73.1 cm³/mol. The highest BCUT2D eigenvalue weighted by atomic mass is 32.1. The van der Waals surface area contributed by atoms with Crippen molar-refractivity contribution in [2.75, 3.05) is 0 Å². The van der Waals surface area contributed by atoms with Gasteiger partial charge in [0.05, 0.1) is 17.2 Å². The van der Waals surface area contributed by atoms with Gasteiger partial charge in [-0.25, -0.2) is 14.6 Å². The van der Waals surface area contributed by atoms with Crippen LogP contribution in [0.2, 0.25) is 0 Å². The highest BCUT2D eigenvalue weighted by Gasteiger charge is 2.20. The van der Waals surface area contributed by atoms with Crippen molar-refractivity contribution >= 4 is 23.3 Å². The summed E-state index contributed by atoms with van der Waals surface area (Å²) < 4.78 is 0. The molecule has 3 N–H and O–H groups in total. The fourth-order valence-corrected chi connectivity index (χ4v) is 2.18. The first-order valence-electron chi connectivity index (χ1n) is 6.06. The summed E-state index contributed by atoms with van der Waals surface area (Å²) in [4.78, 5) is 26.8. The summed E-state index contributed by atoms with van der Waals surface area (Å²) in [6.07, 6.45) is 0.401. The number of aliphatic carboxylic acids is 1. The van der Waals surface area contributed by atoms with Gasteiger partial charge in [-0.15, -0.1) is 11.3 Å². The second kappa shape index (κ2) is 7.08. The number of carbonyl (C=O) groups is 2. The van der Waals surface area contributed by atoms with E-state index in [1.54, 1.807) is 0 Å². The molecule has 0 aromatic carbocycles. The Labute approximate surface area is 116 Å². The molecule has 0 spiro atoms. The number of carboxylic acids is 1. The van der Waals surface area contributed by atoms with E-state index < -0.39 is 18.0 Å². The first kappa shape index (κ1) is 15.4. The van der Waals surface area contributed by atoms with Gasteiger partial charge >= 0.3 is 12.0 Å². The molecule has 0 saturated carbocycles. The quantitative estimate of drug-likeness (QED) is 0.742. The van der Waals surface area contributed by atoms with E-state index in [2.05, 4.69) is 15.6 Å². The SMILES string of the molecule is Cc1nc(CNC(=O)N[C@@H](CC(C)C)C(=O)O)cs1. The van der Waals surface area contributed by atoms with Gasteiger partial charge in [0.1, 0.15) is 6.04 Å². The Morgan fingerprint density at radius 3 is 2.63 bits per heavy atom. The number of carboxylic acid groups (broad SMARTS) is 1. The molecule has 0 radical (unpaired) electrons. The first-order chi connectivity index (χ1) is 8.88. The minimum atomic E-state index is -1.02. The van der Waals surface area contributed by atoms with E-state index in [1.807, 2.05) is 26.2 Å². The average Bonchev–Trinajstić information content (AvgIpc) is 2.71. The third kappa shape index (κ3) is 5.69. The van der Waals surface area contributed by atoms with E-state index in [9.17, 15) is 9.59 Å². The summed E-state index contributed by atoms with van der Waals surface area (Å²) in [5, 5.41) is 16.8. The second-order valence-electron chi connectivity index (χ2n) is 4.71. The molecule has 0 saturated heterocycles. The average molecular weight is 285 g/mol. The molecule has 19 heavy (non-hydrogen) atoms. The smallest absolute Gasteiger partial charge is 0.326 e. The summed E-state index contributed by atoms with van der Waals surface area (Å²) in [6, 6.07) is -1.35. The third-order valence-electron chi connectivity index (χ3n) is 2.41. The number of nitrogens with zero attached hydrogens (tertiary/aromatic N) is 1. The molecule has 6 nitrogen and oxygen atoms in total. The molecule has 0 aliphatic rings. The van der Waals surface area contributed by atoms with Crippen molar-refractivity contribution in [2.45, 2.75) is 39.8 Å². The van der Waals surface area contributed by atoms with Crippen LogP contribution in [0.15, 0.2) is 5.38 Å². The topological polar surface area (TPSA) is 91.3 Å². The van der Waals surface area contributed by atoms with Crippen molar-refractivity contribution in [3.05, 3.63) is 16.1 Å². The summed E-state index contributed by atoms with van der Waals surface area (Å²) in [5.74, 6) is -0.823. The van der Waals surface area contributed by atoms with Crippen LogP contribution in [0.4, 0.5) is 4.79 Å². The number of aromatic nitrogens is 1. The number of amides is 2. The Bertz CT molecular complexity index is 445. The van der Waals surface area contributed by atoms with E-state index in [0.29, 0.717) is 13.0 Å². The van der Waals surface area contributed by atoms with Gasteiger partial charge in [0.15, 0.2) is 0 Å². The van der Waals surface area contributed by atoms with Gasteiger partial charge in [0, 0.05) is 5.38 Å². The minimum absolute atomic E-state index is 0.197. The van der Waals surface area contributed by atoms with Crippen LogP contribution >= 0.6 is 11.3 Å². The number of nitrogens with one attached hydrogen (secondary N) is 2. The molecule has 7 heteroatoms. The lowest BCUT2D eigenvalue weighted by Crippen LogP contribution is -2.46. The number of hydrogen-bond donors (Lipinski definition) is 3. The van der Waals surface area contributed by atoms with Crippen LogP contribution < -0.4 is 10.6 Å². The van der Waals surface area contributed by atoms with E-state index in [-0.39, 0.29) is 5.92 Å². The molecule has 0 aliphatic heterocycles. The zero-order valence-electron chi connectivity index (χ0n) is 11.3. The normalized spacial score (nSPS) is 12.2. The van der Waals surface area contributed by atoms with Gasteiger partial charge in [0.2, 0.25) is 0 Å². The molecule has 106 valence electrons. The Hall–Kier alpha value is -1.63. The molecule has 1 aromatic rings. The highest BCUT2D eigenvalue weighted by Crippen LogP contribution is 2.07. The molecular formula is C12H19N3O3S. The molecule has 1 aromatic heterocycles. The zero-order chi connectivity index (χ0) is 14.4. The van der Waals surface area contributed by atoms with Crippen molar-refractivity contribution < 1.29 is 14.7 Å². The molecule has 1 atom stereocenters. The van der Waals surface area contributed by atoms with Gasteiger partial charge in [-0.2, -0.15) is 0 Å². The largest absolute Gasteiger partial charge is 0.480 e. The third-order valence-corrected chi connectivity index (χ3v) is 3.23. The Morgan fingerprint density at radius 2 is 2.16 bits per heavy atom. The van der Waals surface area contributed by atoms with Crippen LogP contribution in [-0.4, -0.2) is 28.1 Å². The number of carbonyl (C=O) groups excluding carboxylic acids is 1. The van der Waals surface area contributed by atoms with Gasteiger partial charge in [-0.3, -0.25) is 0 Å². The Morgan fingerprint density at radius 1 is 1.47 bits per heavy atom. The molecule has 0 fully saturated rings. The van der Waals surface area contributed by atoms with Crippen molar-refractivity contribution in [1.29, 1.82) is 0 Å². The van der Waals surface area contributed by atoms with Crippen molar-refractivity contribution in [3.8, 4) is 0 Å². The monoisotopic (exact) mass is 285 g/mol. The van der Waals surface area contributed by atoms with Crippen molar-refractivity contribution in [2.24, 2.45) is 5.92 Å². The molecule has 2 amide bonds. The molecule has 1 heterocycles. The number of urea groups is 1. The van der Waals surface area contributed by atoms with E-state index >= 15 is 0 Å². The maximum Gasteiger partial charge on any atom is 0.326 e. The lowest BCUT2D eigenvalue weighted by Gasteiger charge is -2.16. The lowest BCUT2D eigenvalue weighted by molar-refractivity contribution is -0.139. The zero-order valence-corrected chi connectivity index (χ0v) is 12.1. The fraction of sp³-hybridized carbons (Fsp3) is 0.583. The van der Waals surface area contributed by atoms with Crippen molar-refractivity contribution in [1.82, 2.24) is 15.6 Å². The van der Waals surface area contributed by atoms with E-state index in [1.165, 1.54) is 11.3 Å². The molecule has 0 aliphatic carbocycles. The Kier molecular flexibility index (Phi) is 5.75. The van der Waals surface area contributed by atoms with Crippen LogP contribution in [-0.2, 0) is 11.3 Å². The molecule has 0 unspecified atom stereocenters. The molecular weight excluding hydrogens is 266 g/mol. The summed E-state index contributed by atoms with van der Waals surface area (Å²) in [5.41, 5.74) is 0.772. The van der Waals surface area contributed by atoms with E-state index in [0.717, 1.165) is 10.7 Å². The van der Waals surface area contributed by atoms with Crippen LogP contribution in [0.1, 0.15) is 31.0 Å². The van der Waals surface area contributed by atoms with Crippen LogP contribution in [0.5, 0.6) is 0 Å².